The molecule has 0 aromatic carbocycles. The normalized spacial score (nSPS) is 18.0. The topological polar surface area (TPSA) is 29.5 Å². The molecule has 1 atom stereocenters. The summed E-state index contributed by atoms with van der Waals surface area (Å²) in [4.78, 5) is 0. The Balaban J connectivity index is 3.58. The fourth-order valence-corrected chi connectivity index (χ4v) is 0.355. The van der Waals surface area contributed by atoms with Gasteiger partial charge < -0.3 is 9.84 Å². The standard InChI is InChI=1S/C5H11ClO2/c1-5(3-6,4-7)8-2/h7H,3-4H2,1-2H3. The predicted octanol–water partition coefficient (Wildman–Crippen LogP) is 0.623. The van der Waals surface area contributed by atoms with Crippen molar-refractivity contribution in [3.8, 4) is 0 Å². The van der Waals surface area contributed by atoms with Gasteiger partial charge in [0, 0.05) is 7.11 Å². The molecule has 0 bridgehead atoms. The van der Waals surface area contributed by atoms with Crippen LogP contribution in [-0.2, 0) is 4.74 Å². The number of aliphatic hydroxyl groups is 1. The van der Waals surface area contributed by atoms with Crippen LogP contribution in [-0.4, -0.2) is 30.3 Å². The molecule has 0 heterocycles. The molecule has 3 heteroatoms. The number of halogens is 1. The molecule has 0 saturated carbocycles. The summed E-state index contributed by atoms with van der Waals surface area (Å²) < 4.78 is 4.85. The largest absolute Gasteiger partial charge is 0.393 e. The zero-order chi connectivity index (χ0) is 6.62. The van der Waals surface area contributed by atoms with Gasteiger partial charge in [-0.1, -0.05) is 0 Å². The van der Waals surface area contributed by atoms with Crippen LogP contribution in [0.5, 0.6) is 0 Å². The summed E-state index contributed by atoms with van der Waals surface area (Å²) in [5.41, 5.74) is -0.554. The average molecular weight is 139 g/mol. The molecule has 2 nitrogen and oxygen atoms in total. The van der Waals surface area contributed by atoms with E-state index in [1.807, 2.05) is 0 Å². The van der Waals surface area contributed by atoms with Crippen molar-refractivity contribution in [3.05, 3.63) is 0 Å². The highest BCUT2D eigenvalue weighted by atomic mass is 35.5. The van der Waals surface area contributed by atoms with Gasteiger partial charge >= 0.3 is 0 Å². The molecule has 0 amide bonds. The van der Waals surface area contributed by atoms with Crippen molar-refractivity contribution >= 4 is 11.6 Å². The average Bonchev–Trinajstić information content (AvgIpc) is 1.87. The lowest BCUT2D eigenvalue weighted by Crippen LogP contribution is -2.33. The van der Waals surface area contributed by atoms with Gasteiger partial charge in [-0.3, -0.25) is 0 Å². The van der Waals surface area contributed by atoms with Crippen LogP contribution in [0.25, 0.3) is 0 Å². The third kappa shape index (κ3) is 1.99. The highest BCUT2D eigenvalue weighted by Gasteiger charge is 2.19. The number of methoxy groups -OCH3 is 1. The summed E-state index contributed by atoms with van der Waals surface area (Å²) >= 11 is 5.42. The predicted molar refractivity (Wildman–Crippen MR) is 33.2 cm³/mol. The van der Waals surface area contributed by atoms with Crippen molar-refractivity contribution in [1.29, 1.82) is 0 Å². The summed E-state index contributed by atoms with van der Waals surface area (Å²) in [5.74, 6) is 0.319. The van der Waals surface area contributed by atoms with Gasteiger partial charge in [0.25, 0.3) is 0 Å². The number of aliphatic hydroxyl groups excluding tert-OH is 1. The Morgan fingerprint density at radius 2 is 2.25 bits per heavy atom. The van der Waals surface area contributed by atoms with E-state index in [4.69, 9.17) is 21.4 Å². The lowest BCUT2D eigenvalue weighted by Gasteiger charge is -2.21. The maximum absolute atomic E-state index is 8.58. The third-order valence-corrected chi connectivity index (χ3v) is 1.68. The van der Waals surface area contributed by atoms with E-state index in [1.54, 1.807) is 6.92 Å². The van der Waals surface area contributed by atoms with Gasteiger partial charge in [-0.05, 0) is 6.92 Å². The van der Waals surface area contributed by atoms with Gasteiger partial charge in [0.15, 0.2) is 0 Å². The van der Waals surface area contributed by atoms with Crippen molar-refractivity contribution in [2.45, 2.75) is 12.5 Å². The minimum Gasteiger partial charge on any atom is -0.393 e. The Morgan fingerprint density at radius 1 is 1.75 bits per heavy atom. The fourth-order valence-electron chi connectivity index (χ4n) is 0.161. The van der Waals surface area contributed by atoms with Crippen molar-refractivity contribution < 1.29 is 9.84 Å². The first kappa shape index (κ1) is 8.21. The van der Waals surface area contributed by atoms with Crippen LogP contribution >= 0.6 is 11.6 Å². The molecule has 0 spiro atoms. The Kier molecular flexibility index (Phi) is 3.36. The number of ether oxygens (including phenoxy) is 1. The molecule has 0 rings (SSSR count). The van der Waals surface area contributed by atoms with E-state index in [0.29, 0.717) is 5.88 Å². The summed E-state index contributed by atoms with van der Waals surface area (Å²) in [6, 6.07) is 0. The molecular formula is C5H11ClO2. The van der Waals surface area contributed by atoms with Gasteiger partial charge in [-0.25, -0.2) is 0 Å². The van der Waals surface area contributed by atoms with Gasteiger partial charge in [0.05, 0.1) is 12.5 Å². The first-order valence-corrected chi connectivity index (χ1v) is 2.94. The molecule has 1 unspecified atom stereocenters. The highest BCUT2D eigenvalue weighted by molar-refractivity contribution is 6.18. The Labute approximate surface area is 54.4 Å². The molecule has 1 N–H and O–H groups in total. The molecule has 0 aliphatic rings. The summed E-state index contributed by atoms with van der Waals surface area (Å²) in [6.45, 7) is 1.72. The number of hydrogen-bond donors (Lipinski definition) is 1. The Morgan fingerprint density at radius 3 is 2.25 bits per heavy atom. The maximum Gasteiger partial charge on any atom is 0.101 e. The molecule has 8 heavy (non-hydrogen) atoms. The maximum atomic E-state index is 8.58. The second kappa shape index (κ2) is 3.28. The zero-order valence-corrected chi connectivity index (χ0v) is 5.90. The summed E-state index contributed by atoms with van der Waals surface area (Å²) in [6.07, 6.45) is 0. The Bertz CT molecular complexity index is 53.2. The Hall–Kier alpha value is 0.210. The SMILES string of the molecule is COC(C)(CO)CCl. The quantitative estimate of drug-likeness (QED) is 0.580. The van der Waals surface area contributed by atoms with E-state index in [2.05, 4.69) is 0 Å². The molecule has 0 aromatic rings. The lowest BCUT2D eigenvalue weighted by atomic mass is 10.1. The third-order valence-electron chi connectivity index (χ3n) is 1.11. The van der Waals surface area contributed by atoms with Crippen LogP contribution in [0, 0.1) is 0 Å². The van der Waals surface area contributed by atoms with E-state index < -0.39 is 5.60 Å². The van der Waals surface area contributed by atoms with Crippen LogP contribution in [0.3, 0.4) is 0 Å². The van der Waals surface area contributed by atoms with Gasteiger partial charge in [0.2, 0.25) is 0 Å². The lowest BCUT2D eigenvalue weighted by molar-refractivity contribution is -0.0198. The molecule has 0 aliphatic heterocycles. The first-order valence-electron chi connectivity index (χ1n) is 2.40. The van der Waals surface area contributed by atoms with E-state index in [9.17, 15) is 0 Å². The minimum atomic E-state index is -0.554. The first-order chi connectivity index (χ1) is 3.68. The second-order valence-corrected chi connectivity index (χ2v) is 2.21. The van der Waals surface area contributed by atoms with E-state index in [-0.39, 0.29) is 6.61 Å². The van der Waals surface area contributed by atoms with E-state index in [1.165, 1.54) is 7.11 Å². The van der Waals surface area contributed by atoms with Crippen LogP contribution in [0.2, 0.25) is 0 Å². The number of rotatable bonds is 3. The van der Waals surface area contributed by atoms with Gasteiger partial charge in [0.1, 0.15) is 5.60 Å². The molecular weight excluding hydrogens is 128 g/mol. The molecule has 50 valence electrons. The molecule has 0 aromatic heterocycles. The van der Waals surface area contributed by atoms with Crippen LogP contribution in [0.15, 0.2) is 0 Å². The highest BCUT2D eigenvalue weighted by Crippen LogP contribution is 2.08. The molecule has 0 aliphatic carbocycles. The van der Waals surface area contributed by atoms with Crippen molar-refractivity contribution in [1.82, 2.24) is 0 Å². The number of alkyl halides is 1. The van der Waals surface area contributed by atoms with E-state index in [0.717, 1.165) is 0 Å². The van der Waals surface area contributed by atoms with Crippen molar-refractivity contribution in [2.75, 3.05) is 19.6 Å². The monoisotopic (exact) mass is 138 g/mol. The van der Waals surface area contributed by atoms with Gasteiger partial charge in [-0.15, -0.1) is 11.6 Å². The fraction of sp³-hybridized carbons (Fsp3) is 1.00. The molecule has 0 saturated heterocycles. The molecule has 0 radical (unpaired) electrons. The molecule has 0 fully saturated rings. The van der Waals surface area contributed by atoms with Crippen LogP contribution in [0.1, 0.15) is 6.92 Å². The zero-order valence-electron chi connectivity index (χ0n) is 5.15. The minimum absolute atomic E-state index is 0.0347. The second-order valence-electron chi connectivity index (χ2n) is 1.95. The van der Waals surface area contributed by atoms with Crippen LogP contribution in [0.4, 0.5) is 0 Å². The van der Waals surface area contributed by atoms with Crippen molar-refractivity contribution in [2.24, 2.45) is 0 Å². The van der Waals surface area contributed by atoms with E-state index >= 15 is 0 Å². The van der Waals surface area contributed by atoms with Crippen LogP contribution < -0.4 is 0 Å². The summed E-state index contributed by atoms with van der Waals surface area (Å²) in [7, 11) is 1.53. The summed E-state index contributed by atoms with van der Waals surface area (Å²) in [5, 5.41) is 8.58. The smallest absolute Gasteiger partial charge is 0.101 e. The van der Waals surface area contributed by atoms with Gasteiger partial charge in [-0.2, -0.15) is 0 Å². The van der Waals surface area contributed by atoms with Crippen molar-refractivity contribution in [3.63, 3.8) is 0 Å². The number of hydrogen-bond acceptors (Lipinski definition) is 2.